The Bertz CT molecular complexity index is 764. The number of halogens is 2. The van der Waals surface area contributed by atoms with Crippen molar-refractivity contribution < 1.29 is 4.79 Å². The van der Waals surface area contributed by atoms with E-state index in [1.807, 2.05) is 15.5 Å². The lowest BCUT2D eigenvalue weighted by molar-refractivity contribution is -0.134. The van der Waals surface area contributed by atoms with Gasteiger partial charge in [0.25, 0.3) is 5.56 Å². The Balaban J connectivity index is 0.00000160. The molecule has 6 nitrogen and oxygen atoms in total. The molecule has 0 aromatic carbocycles. The first kappa shape index (κ1) is 25.2. The van der Waals surface area contributed by atoms with Crippen LogP contribution in [0.15, 0.2) is 16.9 Å². The van der Waals surface area contributed by atoms with Gasteiger partial charge in [-0.15, -0.1) is 24.8 Å². The van der Waals surface area contributed by atoms with Crippen molar-refractivity contribution in [2.75, 3.05) is 32.7 Å². The number of carbonyl (C=O) groups excluding carboxylic acids is 1. The Kier molecular flexibility index (Phi) is 9.67. The second-order valence-corrected chi connectivity index (χ2v) is 8.88. The normalized spacial score (nSPS) is 23.2. The Morgan fingerprint density at radius 3 is 2.53 bits per heavy atom. The summed E-state index contributed by atoms with van der Waals surface area (Å²) in [6, 6.07) is 4.20. The number of carbonyl (C=O) groups is 1. The van der Waals surface area contributed by atoms with Crippen LogP contribution < -0.4 is 11.3 Å². The van der Waals surface area contributed by atoms with E-state index < -0.39 is 0 Å². The highest BCUT2D eigenvalue weighted by atomic mass is 35.5. The van der Waals surface area contributed by atoms with E-state index in [1.165, 1.54) is 19.3 Å². The van der Waals surface area contributed by atoms with Gasteiger partial charge in [-0.25, -0.2) is 0 Å². The molecule has 1 aromatic heterocycles. The SMILES string of the molecule is Cl.Cl.NCCCCC(=O)N1C[C@@H]2C[C@H](C1)c1ccc(CN3CCCCC3)c(=O)n1C2. The first-order valence-corrected chi connectivity index (χ1v) is 11.1. The van der Waals surface area contributed by atoms with Crippen molar-refractivity contribution in [1.82, 2.24) is 14.4 Å². The van der Waals surface area contributed by atoms with E-state index in [-0.39, 0.29) is 36.3 Å². The molecule has 30 heavy (non-hydrogen) atoms. The van der Waals surface area contributed by atoms with E-state index in [9.17, 15) is 9.59 Å². The average molecular weight is 459 g/mol. The zero-order chi connectivity index (χ0) is 19.5. The van der Waals surface area contributed by atoms with Crippen LogP contribution >= 0.6 is 24.8 Å². The molecular weight excluding hydrogens is 423 g/mol. The van der Waals surface area contributed by atoms with Crippen LogP contribution in [-0.4, -0.2) is 53.0 Å². The third kappa shape index (κ3) is 5.58. The largest absolute Gasteiger partial charge is 0.342 e. The molecule has 3 aliphatic rings. The lowest BCUT2D eigenvalue weighted by atomic mass is 9.82. The minimum absolute atomic E-state index is 0. The minimum atomic E-state index is 0. The van der Waals surface area contributed by atoms with Gasteiger partial charge in [0.15, 0.2) is 0 Å². The fourth-order valence-electron chi connectivity index (χ4n) is 5.25. The maximum atomic E-state index is 13.2. The monoisotopic (exact) mass is 458 g/mol. The van der Waals surface area contributed by atoms with Crippen molar-refractivity contribution >= 4 is 30.7 Å². The summed E-state index contributed by atoms with van der Waals surface area (Å²) >= 11 is 0. The summed E-state index contributed by atoms with van der Waals surface area (Å²) in [5.74, 6) is 0.941. The van der Waals surface area contributed by atoms with Crippen LogP contribution in [0, 0.1) is 5.92 Å². The highest BCUT2D eigenvalue weighted by Gasteiger charge is 2.36. The summed E-state index contributed by atoms with van der Waals surface area (Å²) in [6.45, 7) is 5.93. The quantitative estimate of drug-likeness (QED) is 0.665. The molecule has 0 radical (unpaired) electrons. The van der Waals surface area contributed by atoms with E-state index >= 15 is 0 Å². The maximum absolute atomic E-state index is 13.2. The second kappa shape index (κ2) is 11.5. The van der Waals surface area contributed by atoms with Crippen molar-refractivity contribution in [3.8, 4) is 0 Å². The van der Waals surface area contributed by atoms with Gasteiger partial charge in [-0.3, -0.25) is 14.5 Å². The Labute approximate surface area is 192 Å². The van der Waals surface area contributed by atoms with Gasteiger partial charge < -0.3 is 15.2 Å². The summed E-state index contributed by atoms with van der Waals surface area (Å²) < 4.78 is 2.02. The molecule has 0 saturated carbocycles. The molecule has 2 fully saturated rings. The molecule has 2 saturated heterocycles. The summed E-state index contributed by atoms with van der Waals surface area (Å²) in [6.07, 6.45) is 7.26. The smallest absolute Gasteiger partial charge is 0.255 e. The number of nitrogens with zero attached hydrogens (tertiary/aromatic N) is 3. The van der Waals surface area contributed by atoms with Crippen LogP contribution in [0.4, 0.5) is 0 Å². The van der Waals surface area contributed by atoms with Gasteiger partial charge in [-0.2, -0.15) is 0 Å². The third-order valence-corrected chi connectivity index (χ3v) is 6.72. The van der Waals surface area contributed by atoms with Crippen molar-refractivity contribution in [2.45, 2.75) is 64.0 Å². The predicted molar refractivity (Wildman–Crippen MR) is 125 cm³/mol. The Morgan fingerprint density at radius 2 is 1.80 bits per heavy atom. The number of pyridine rings is 1. The van der Waals surface area contributed by atoms with Crippen molar-refractivity contribution in [3.63, 3.8) is 0 Å². The zero-order valence-corrected chi connectivity index (χ0v) is 19.4. The number of hydrogen-bond acceptors (Lipinski definition) is 4. The van der Waals surface area contributed by atoms with Gasteiger partial charge in [0.1, 0.15) is 0 Å². The molecule has 1 amide bonds. The second-order valence-electron chi connectivity index (χ2n) is 8.88. The summed E-state index contributed by atoms with van der Waals surface area (Å²) in [5.41, 5.74) is 7.80. The number of unbranched alkanes of at least 4 members (excludes halogenated alkanes) is 1. The van der Waals surface area contributed by atoms with E-state index in [0.29, 0.717) is 24.8 Å². The van der Waals surface area contributed by atoms with Crippen LogP contribution in [0.1, 0.15) is 62.1 Å². The summed E-state index contributed by atoms with van der Waals surface area (Å²) in [5, 5.41) is 0. The standard InChI is InChI=1S/C22H34N4O2.2ClH/c23-9-3-2-6-21(27)25-13-17-12-19(16-25)20-8-7-18(22(28)26(20)14-17)15-24-10-4-1-5-11-24;;/h7-8,17,19H,1-6,9-16,23H2;2*1H/t17-,19+;;/m0../s1. The number of amides is 1. The van der Waals surface area contributed by atoms with Gasteiger partial charge in [-0.1, -0.05) is 12.5 Å². The molecule has 0 unspecified atom stereocenters. The molecule has 2 N–H and O–H groups in total. The topological polar surface area (TPSA) is 71.6 Å². The number of fused-ring (bicyclic) bond motifs is 4. The van der Waals surface area contributed by atoms with Gasteiger partial charge in [0, 0.05) is 49.8 Å². The fourth-order valence-corrected chi connectivity index (χ4v) is 5.25. The lowest BCUT2D eigenvalue weighted by Gasteiger charge is -2.43. The average Bonchev–Trinajstić information content (AvgIpc) is 2.71. The molecule has 3 aliphatic heterocycles. The van der Waals surface area contributed by atoms with E-state index in [1.54, 1.807) is 0 Å². The molecule has 8 heteroatoms. The van der Waals surface area contributed by atoms with Gasteiger partial charge in [0.2, 0.25) is 5.91 Å². The molecule has 170 valence electrons. The van der Waals surface area contributed by atoms with Crippen LogP contribution in [0.2, 0.25) is 0 Å². The van der Waals surface area contributed by atoms with Gasteiger partial charge >= 0.3 is 0 Å². The highest BCUT2D eigenvalue weighted by molar-refractivity contribution is 5.85. The lowest BCUT2D eigenvalue weighted by Crippen LogP contribution is -2.49. The van der Waals surface area contributed by atoms with Crippen molar-refractivity contribution in [2.24, 2.45) is 11.7 Å². The summed E-state index contributed by atoms with van der Waals surface area (Å²) in [7, 11) is 0. The Hall–Kier alpha value is -1.08. The predicted octanol–water partition coefficient (Wildman–Crippen LogP) is 2.75. The molecule has 2 bridgehead atoms. The number of hydrogen-bond donors (Lipinski definition) is 1. The summed E-state index contributed by atoms with van der Waals surface area (Å²) in [4.78, 5) is 30.2. The maximum Gasteiger partial charge on any atom is 0.255 e. The molecule has 2 atom stereocenters. The molecule has 4 heterocycles. The Morgan fingerprint density at radius 1 is 1.03 bits per heavy atom. The molecule has 1 aromatic rings. The van der Waals surface area contributed by atoms with Gasteiger partial charge in [-0.05, 0) is 63.7 Å². The van der Waals surface area contributed by atoms with Crippen molar-refractivity contribution in [3.05, 3.63) is 33.7 Å². The number of aromatic nitrogens is 1. The van der Waals surface area contributed by atoms with Crippen molar-refractivity contribution in [1.29, 1.82) is 0 Å². The van der Waals surface area contributed by atoms with Crippen LogP contribution in [0.5, 0.6) is 0 Å². The van der Waals surface area contributed by atoms with E-state index in [2.05, 4.69) is 11.0 Å². The van der Waals surface area contributed by atoms with Gasteiger partial charge in [0.05, 0.1) is 0 Å². The molecule has 0 spiro atoms. The number of rotatable bonds is 6. The minimum Gasteiger partial charge on any atom is -0.342 e. The number of piperidine rings is 2. The first-order valence-electron chi connectivity index (χ1n) is 11.1. The third-order valence-electron chi connectivity index (χ3n) is 6.72. The number of nitrogens with two attached hydrogens (primary N) is 1. The fraction of sp³-hybridized carbons (Fsp3) is 0.727. The molecule has 0 aliphatic carbocycles. The van der Waals surface area contributed by atoms with E-state index in [0.717, 1.165) is 69.8 Å². The van der Waals surface area contributed by atoms with Crippen LogP contribution in [-0.2, 0) is 17.9 Å². The van der Waals surface area contributed by atoms with E-state index in [4.69, 9.17) is 5.73 Å². The van der Waals surface area contributed by atoms with Crippen LogP contribution in [0.25, 0.3) is 0 Å². The zero-order valence-electron chi connectivity index (χ0n) is 17.8. The van der Waals surface area contributed by atoms with Crippen LogP contribution in [0.3, 0.4) is 0 Å². The molecule has 4 rings (SSSR count). The first-order chi connectivity index (χ1) is 13.7. The molecular formula is C22H36Cl2N4O2. The highest BCUT2D eigenvalue weighted by Crippen LogP contribution is 2.35. The number of likely N-dealkylation sites (tertiary alicyclic amines) is 2.